The predicted octanol–water partition coefficient (Wildman–Crippen LogP) is 5.14. The van der Waals surface area contributed by atoms with Crippen molar-refractivity contribution in [2.45, 2.75) is 26.2 Å². The summed E-state index contributed by atoms with van der Waals surface area (Å²) in [7, 11) is 0. The number of rotatable bonds is 5. The number of carbonyl (C=O) groups excluding carboxylic acids is 1. The van der Waals surface area contributed by atoms with Crippen molar-refractivity contribution < 1.29 is 9.53 Å². The fourth-order valence-corrected chi connectivity index (χ4v) is 2.90. The first-order valence-corrected chi connectivity index (χ1v) is 8.82. The van der Waals surface area contributed by atoms with Crippen LogP contribution < -0.4 is 0 Å². The third-order valence-corrected chi connectivity index (χ3v) is 4.29. The summed E-state index contributed by atoms with van der Waals surface area (Å²) in [5.41, 5.74) is 3.33. The zero-order valence-electron chi connectivity index (χ0n) is 13.5. The van der Waals surface area contributed by atoms with Crippen LogP contribution in [-0.4, -0.2) is 11.9 Å². The number of carbonyl (C=O) groups is 1. The molecule has 122 valence electrons. The Balaban J connectivity index is 1.81. The van der Waals surface area contributed by atoms with E-state index in [-0.39, 0.29) is 0 Å². The first kappa shape index (κ1) is 16.7. The lowest BCUT2D eigenvalue weighted by molar-refractivity contribution is -0.129. The SMILES string of the molecule is CCCCc1ccc(C2=NC(=Cc3cccc(Br)c3)C(=O)O2)cc1. The summed E-state index contributed by atoms with van der Waals surface area (Å²) in [6, 6.07) is 15.7. The Kier molecular flexibility index (Phi) is 5.26. The van der Waals surface area contributed by atoms with Gasteiger partial charge in [0.15, 0.2) is 5.70 Å². The van der Waals surface area contributed by atoms with Gasteiger partial charge in [0.05, 0.1) is 0 Å². The van der Waals surface area contributed by atoms with E-state index in [1.54, 1.807) is 6.08 Å². The zero-order valence-corrected chi connectivity index (χ0v) is 15.0. The van der Waals surface area contributed by atoms with Crippen LogP contribution in [0, 0.1) is 0 Å². The molecule has 0 amide bonds. The van der Waals surface area contributed by atoms with E-state index < -0.39 is 5.97 Å². The van der Waals surface area contributed by atoms with Crippen molar-refractivity contribution in [1.29, 1.82) is 0 Å². The van der Waals surface area contributed by atoms with Crippen molar-refractivity contribution in [1.82, 2.24) is 0 Å². The van der Waals surface area contributed by atoms with Gasteiger partial charge in [0.1, 0.15) is 0 Å². The molecule has 0 N–H and O–H groups in total. The fourth-order valence-electron chi connectivity index (χ4n) is 2.48. The standard InChI is InChI=1S/C20H18BrNO2/c1-2-3-5-14-8-10-16(11-9-14)19-22-18(20(23)24-19)13-15-6-4-7-17(21)12-15/h4,6-13H,2-3,5H2,1H3. The predicted molar refractivity (Wildman–Crippen MR) is 99.8 cm³/mol. The molecule has 0 atom stereocenters. The highest BCUT2D eigenvalue weighted by Crippen LogP contribution is 2.21. The molecule has 1 aliphatic rings. The minimum atomic E-state index is -0.417. The quantitative estimate of drug-likeness (QED) is 0.529. The number of nitrogens with zero attached hydrogens (tertiary/aromatic N) is 1. The molecular formula is C20H18BrNO2. The lowest BCUT2D eigenvalue weighted by Crippen LogP contribution is -2.05. The first-order valence-electron chi connectivity index (χ1n) is 8.03. The molecule has 24 heavy (non-hydrogen) atoms. The van der Waals surface area contributed by atoms with Gasteiger partial charge in [-0.05, 0) is 54.3 Å². The van der Waals surface area contributed by atoms with Crippen molar-refractivity contribution in [3.8, 4) is 0 Å². The van der Waals surface area contributed by atoms with Crippen LogP contribution in [0.15, 0.2) is 63.7 Å². The molecule has 0 radical (unpaired) electrons. The van der Waals surface area contributed by atoms with Crippen LogP contribution in [0.25, 0.3) is 6.08 Å². The van der Waals surface area contributed by atoms with Gasteiger partial charge >= 0.3 is 5.97 Å². The molecule has 3 nitrogen and oxygen atoms in total. The highest BCUT2D eigenvalue weighted by Gasteiger charge is 2.24. The van der Waals surface area contributed by atoms with Crippen molar-refractivity contribution in [3.63, 3.8) is 0 Å². The highest BCUT2D eigenvalue weighted by molar-refractivity contribution is 9.10. The molecule has 0 saturated carbocycles. The van der Waals surface area contributed by atoms with Gasteiger partial charge in [-0.1, -0.05) is 53.5 Å². The van der Waals surface area contributed by atoms with Crippen LogP contribution in [0.3, 0.4) is 0 Å². The Morgan fingerprint density at radius 1 is 1.17 bits per heavy atom. The Hall–Kier alpha value is -2.20. The molecule has 0 aromatic heterocycles. The van der Waals surface area contributed by atoms with Crippen LogP contribution in [0.2, 0.25) is 0 Å². The second-order valence-electron chi connectivity index (χ2n) is 5.69. The van der Waals surface area contributed by atoms with Crippen LogP contribution >= 0.6 is 15.9 Å². The van der Waals surface area contributed by atoms with Gasteiger partial charge in [-0.15, -0.1) is 0 Å². The van der Waals surface area contributed by atoms with Gasteiger partial charge in [0, 0.05) is 10.0 Å². The number of unbranched alkanes of at least 4 members (excludes halogenated alkanes) is 1. The fraction of sp³-hybridized carbons (Fsp3) is 0.200. The van der Waals surface area contributed by atoms with Gasteiger partial charge < -0.3 is 4.74 Å². The third-order valence-electron chi connectivity index (χ3n) is 3.79. The molecule has 0 spiro atoms. The topological polar surface area (TPSA) is 38.7 Å². The number of ether oxygens (including phenoxy) is 1. The Bertz CT molecular complexity index is 807. The molecule has 0 bridgehead atoms. The normalized spacial score (nSPS) is 15.5. The van der Waals surface area contributed by atoms with E-state index in [9.17, 15) is 4.79 Å². The monoisotopic (exact) mass is 383 g/mol. The number of hydrogen-bond donors (Lipinski definition) is 0. The molecule has 2 aromatic rings. The van der Waals surface area contributed by atoms with E-state index in [1.165, 1.54) is 18.4 Å². The molecule has 2 aromatic carbocycles. The Morgan fingerprint density at radius 3 is 2.67 bits per heavy atom. The van der Waals surface area contributed by atoms with Crippen LogP contribution in [0.4, 0.5) is 0 Å². The molecular weight excluding hydrogens is 366 g/mol. The molecule has 1 aliphatic heterocycles. The number of esters is 1. The minimum absolute atomic E-state index is 0.318. The smallest absolute Gasteiger partial charge is 0.363 e. The molecule has 0 fully saturated rings. The maximum Gasteiger partial charge on any atom is 0.363 e. The van der Waals surface area contributed by atoms with Gasteiger partial charge in [-0.2, -0.15) is 0 Å². The van der Waals surface area contributed by atoms with Gasteiger partial charge in [0.25, 0.3) is 0 Å². The highest BCUT2D eigenvalue weighted by atomic mass is 79.9. The molecule has 1 heterocycles. The van der Waals surface area contributed by atoms with Gasteiger partial charge in [-0.25, -0.2) is 9.79 Å². The lowest BCUT2D eigenvalue weighted by atomic mass is 10.1. The van der Waals surface area contributed by atoms with Crippen LogP contribution in [0.1, 0.15) is 36.5 Å². The number of benzene rings is 2. The molecule has 3 rings (SSSR count). The summed E-state index contributed by atoms with van der Waals surface area (Å²) < 4.78 is 6.27. The zero-order chi connectivity index (χ0) is 16.9. The first-order chi connectivity index (χ1) is 11.7. The molecule has 4 heteroatoms. The number of cyclic esters (lactones) is 1. The maximum atomic E-state index is 12.0. The molecule has 0 aliphatic carbocycles. The van der Waals surface area contributed by atoms with E-state index in [0.29, 0.717) is 11.6 Å². The van der Waals surface area contributed by atoms with Gasteiger partial charge in [0.2, 0.25) is 5.90 Å². The van der Waals surface area contributed by atoms with E-state index in [1.807, 2.05) is 36.4 Å². The Labute approximate surface area is 150 Å². The molecule has 0 unspecified atom stereocenters. The number of hydrogen-bond acceptors (Lipinski definition) is 3. The van der Waals surface area contributed by atoms with Crippen molar-refractivity contribution in [3.05, 3.63) is 75.4 Å². The minimum Gasteiger partial charge on any atom is -0.402 e. The summed E-state index contributed by atoms with van der Waals surface area (Å²) in [4.78, 5) is 16.4. The van der Waals surface area contributed by atoms with Crippen molar-refractivity contribution >= 4 is 33.9 Å². The third kappa shape index (κ3) is 4.01. The van der Waals surface area contributed by atoms with Crippen LogP contribution in [0.5, 0.6) is 0 Å². The van der Waals surface area contributed by atoms with Gasteiger partial charge in [-0.3, -0.25) is 0 Å². The number of aliphatic imine (C=N–C) groups is 1. The summed E-state index contributed by atoms with van der Waals surface area (Å²) in [5.74, 6) is -0.0525. The maximum absolute atomic E-state index is 12.0. The Morgan fingerprint density at radius 2 is 1.96 bits per heavy atom. The largest absolute Gasteiger partial charge is 0.402 e. The van der Waals surface area contributed by atoms with E-state index in [2.05, 4.69) is 40.0 Å². The van der Waals surface area contributed by atoms with Crippen LogP contribution in [-0.2, 0) is 16.0 Å². The van der Waals surface area contributed by atoms with E-state index in [4.69, 9.17) is 4.74 Å². The average Bonchev–Trinajstić information content (AvgIpc) is 2.94. The van der Waals surface area contributed by atoms with Crippen molar-refractivity contribution in [2.24, 2.45) is 4.99 Å². The van der Waals surface area contributed by atoms with E-state index >= 15 is 0 Å². The number of halogens is 1. The average molecular weight is 384 g/mol. The summed E-state index contributed by atoms with van der Waals surface area (Å²) in [5, 5.41) is 0. The lowest BCUT2D eigenvalue weighted by Gasteiger charge is -2.02. The summed E-state index contributed by atoms with van der Waals surface area (Å²) in [6.45, 7) is 2.18. The molecule has 0 saturated heterocycles. The second-order valence-corrected chi connectivity index (χ2v) is 6.61. The summed E-state index contributed by atoms with van der Waals surface area (Å²) in [6.07, 6.45) is 5.15. The second kappa shape index (κ2) is 7.58. The number of aryl methyl sites for hydroxylation is 1. The van der Waals surface area contributed by atoms with Crippen molar-refractivity contribution in [2.75, 3.05) is 0 Å². The summed E-state index contributed by atoms with van der Waals surface area (Å²) >= 11 is 3.42. The van der Waals surface area contributed by atoms with E-state index in [0.717, 1.165) is 22.0 Å².